The lowest BCUT2D eigenvalue weighted by Crippen LogP contribution is -2.40. The molecule has 0 aliphatic rings. The Hall–Kier alpha value is -1.16. The van der Waals surface area contributed by atoms with E-state index in [-0.39, 0.29) is 5.56 Å². The lowest BCUT2D eigenvalue weighted by atomic mass is 10.0. The highest BCUT2D eigenvalue weighted by molar-refractivity contribution is 4.96. The summed E-state index contributed by atoms with van der Waals surface area (Å²) in [6, 6.07) is 1.90. The molecule has 0 bridgehead atoms. The van der Waals surface area contributed by atoms with Gasteiger partial charge in [-0.05, 0) is 25.8 Å². The average molecular weight is 237 g/mol. The molecule has 1 N–H and O–H groups in total. The second kappa shape index (κ2) is 6.55. The Morgan fingerprint density at radius 3 is 2.71 bits per heavy atom. The Labute approximate surface area is 103 Å². The zero-order valence-corrected chi connectivity index (χ0v) is 11.2. The Balaban J connectivity index is 2.75. The van der Waals surface area contributed by atoms with Crippen LogP contribution < -0.4 is 10.9 Å². The molecule has 17 heavy (non-hydrogen) atoms. The van der Waals surface area contributed by atoms with Crippen molar-refractivity contribution in [2.75, 3.05) is 6.54 Å². The third-order valence-corrected chi connectivity index (χ3v) is 2.87. The molecule has 0 aromatic carbocycles. The SMILES string of the molecule is CCCNC(Cn1cnc(C)cc1=O)C(C)C. The lowest BCUT2D eigenvalue weighted by molar-refractivity contribution is 0.351. The summed E-state index contributed by atoms with van der Waals surface area (Å²) in [6.07, 6.45) is 2.74. The first kappa shape index (κ1) is 13.9. The van der Waals surface area contributed by atoms with E-state index < -0.39 is 0 Å². The van der Waals surface area contributed by atoms with E-state index in [1.807, 2.05) is 6.92 Å². The van der Waals surface area contributed by atoms with Crippen LogP contribution >= 0.6 is 0 Å². The van der Waals surface area contributed by atoms with Crippen LogP contribution in [0.15, 0.2) is 17.2 Å². The molecule has 0 amide bonds. The maximum Gasteiger partial charge on any atom is 0.253 e. The maximum absolute atomic E-state index is 11.8. The van der Waals surface area contributed by atoms with Gasteiger partial charge in [-0.2, -0.15) is 0 Å². The van der Waals surface area contributed by atoms with Gasteiger partial charge in [0.25, 0.3) is 5.56 Å². The van der Waals surface area contributed by atoms with Crippen molar-refractivity contribution in [3.05, 3.63) is 28.4 Å². The van der Waals surface area contributed by atoms with Gasteiger partial charge in [0.1, 0.15) is 0 Å². The van der Waals surface area contributed by atoms with Crippen LogP contribution in [0.3, 0.4) is 0 Å². The summed E-state index contributed by atoms with van der Waals surface area (Å²) in [5.74, 6) is 0.495. The van der Waals surface area contributed by atoms with Crippen LogP contribution in [0.1, 0.15) is 32.9 Å². The smallest absolute Gasteiger partial charge is 0.253 e. The highest BCUT2D eigenvalue weighted by Gasteiger charge is 2.13. The molecule has 0 aliphatic heterocycles. The summed E-state index contributed by atoms with van der Waals surface area (Å²) in [5.41, 5.74) is 0.801. The molecular formula is C13H23N3O. The molecule has 1 heterocycles. The molecule has 4 nitrogen and oxygen atoms in total. The number of aromatic nitrogens is 2. The molecule has 0 aliphatic carbocycles. The fourth-order valence-electron chi connectivity index (χ4n) is 1.71. The molecule has 1 atom stereocenters. The first-order valence-corrected chi connectivity index (χ1v) is 6.31. The van der Waals surface area contributed by atoms with Crippen LogP contribution in [0.5, 0.6) is 0 Å². The molecule has 0 saturated heterocycles. The molecule has 1 rings (SSSR count). The topological polar surface area (TPSA) is 46.9 Å². The van der Waals surface area contributed by atoms with Gasteiger partial charge in [-0.15, -0.1) is 0 Å². The van der Waals surface area contributed by atoms with E-state index in [4.69, 9.17) is 0 Å². The largest absolute Gasteiger partial charge is 0.312 e. The van der Waals surface area contributed by atoms with Gasteiger partial charge < -0.3 is 5.32 Å². The van der Waals surface area contributed by atoms with E-state index in [1.54, 1.807) is 17.0 Å². The highest BCUT2D eigenvalue weighted by Crippen LogP contribution is 2.03. The van der Waals surface area contributed by atoms with Crippen LogP contribution in [-0.4, -0.2) is 22.1 Å². The Morgan fingerprint density at radius 2 is 2.18 bits per heavy atom. The van der Waals surface area contributed by atoms with E-state index >= 15 is 0 Å². The third-order valence-electron chi connectivity index (χ3n) is 2.87. The molecule has 96 valence electrons. The lowest BCUT2D eigenvalue weighted by Gasteiger charge is -2.23. The fourth-order valence-corrected chi connectivity index (χ4v) is 1.71. The quantitative estimate of drug-likeness (QED) is 0.817. The summed E-state index contributed by atoms with van der Waals surface area (Å²) >= 11 is 0. The molecule has 0 radical (unpaired) electrons. The van der Waals surface area contributed by atoms with Gasteiger partial charge in [0.15, 0.2) is 0 Å². The molecule has 0 spiro atoms. The Morgan fingerprint density at radius 1 is 1.47 bits per heavy atom. The second-order valence-electron chi connectivity index (χ2n) is 4.83. The summed E-state index contributed by atoms with van der Waals surface area (Å²) in [7, 11) is 0. The summed E-state index contributed by atoms with van der Waals surface area (Å²) in [6.45, 7) is 9.98. The van der Waals surface area contributed by atoms with Crippen LogP contribution in [0.2, 0.25) is 0 Å². The number of aryl methyl sites for hydroxylation is 1. The Bertz CT molecular complexity index is 398. The number of hydrogen-bond acceptors (Lipinski definition) is 3. The number of hydrogen-bond donors (Lipinski definition) is 1. The molecular weight excluding hydrogens is 214 g/mol. The van der Waals surface area contributed by atoms with Crippen molar-refractivity contribution in [1.82, 2.24) is 14.9 Å². The van der Waals surface area contributed by atoms with E-state index in [9.17, 15) is 4.79 Å². The van der Waals surface area contributed by atoms with Crippen LogP contribution in [0.4, 0.5) is 0 Å². The standard InChI is InChI=1S/C13H23N3O/c1-5-6-14-12(10(2)3)8-16-9-15-11(4)7-13(16)17/h7,9-10,12,14H,5-6,8H2,1-4H3. The molecule has 1 aromatic heterocycles. The van der Waals surface area contributed by atoms with Gasteiger partial charge in [0.2, 0.25) is 0 Å². The van der Waals surface area contributed by atoms with Crippen molar-refractivity contribution >= 4 is 0 Å². The minimum absolute atomic E-state index is 0.0291. The minimum Gasteiger partial charge on any atom is -0.312 e. The van der Waals surface area contributed by atoms with E-state index in [0.717, 1.165) is 18.7 Å². The predicted octanol–water partition coefficient (Wildman–Crippen LogP) is 1.58. The van der Waals surface area contributed by atoms with E-state index in [1.165, 1.54) is 0 Å². The van der Waals surface area contributed by atoms with Gasteiger partial charge in [-0.25, -0.2) is 4.98 Å². The van der Waals surface area contributed by atoms with Crippen LogP contribution in [0.25, 0.3) is 0 Å². The zero-order valence-electron chi connectivity index (χ0n) is 11.2. The van der Waals surface area contributed by atoms with Crippen LogP contribution in [0, 0.1) is 12.8 Å². The van der Waals surface area contributed by atoms with Crippen molar-refractivity contribution in [3.8, 4) is 0 Å². The maximum atomic E-state index is 11.8. The van der Waals surface area contributed by atoms with Gasteiger partial charge in [-0.1, -0.05) is 20.8 Å². The Kier molecular flexibility index (Phi) is 5.35. The average Bonchev–Trinajstić information content (AvgIpc) is 2.26. The molecule has 4 heteroatoms. The first-order valence-electron chi connectivity index (χ1n) is 6.31. The van der Waals surface area contributed by atoms with Gasteiger partial charge in [0, 0.05) is 24.3 Å². The third kappa shape index (κ3) is 4.30. The van der Waals surface area contributed by atoms with Gasteiger partial charge in [0.05, 0.1) is 6.33 Å². The van der Waals surface area contributed by atoms with Crippen molar-refractivity contribution in [1.29, 1.82) is 0 Å². The van der Waals surface area contributed by atoms with Crippen molar-refractivity contribution in [2.24, 2.45) is 5.92 Å². The van der Waals surface area contributed by atoms with E-state index in [2.05, 4.69) is 31.1 Å². The fraction of sp³-hybridized carbons (Fsp3) is 0.692. The van der Waals surface area contributed by atoms with E-state index in [0.29, 0.717) is 18.5 Å². The molecule has 1 unspecified atom stereocenters. The molecule has 0 saturated carbocycles. The number of nitrogens with one attached hydrogen (secondary N) is 1. The summed E-state index contributed by atoms with van der Waals surface area (Å²) in [4.78, 5) is 15.9. The normalized spacial score (nSPS) is 13.0. The summed E-state index contributed by atoms with van der Waals surface area (Å²) in [5, 5.41) is 3.47. The number of nitrogens with zero attached hydrogens (tertiary/aromatic N) is 2. The van der Waals surface area contributed by atoms with Crippen molar-refractivity contribution in [2.45, 2.75) is 46.7 Å². The molecule has 0 fully saturated rings. The predicted molar refractivity (Wildman–Crippen MR) is 70.2 cm³/mol. The molecule has 1 aromatic rings. The second-order valence-corrected chi connectivity index (χ2v) is 4.83. The number of rotatable bonds is 6. The van der Waals surface area contributed by atoms with Crippen LogP contribution in [-0.2, 0) is 6.54 Å². The summed E-state index contributed by atoms with van der Waals surface area (Å²) < 4.78 is 1.68. The van der Waals surface area contributed by atoms with Crippen molar-refractivity contribution < 1.29 is 0 Å². The first-order chi connectivity index (χ1) is 8.04. The highest BCUT2D eigenvalue weighted by atomic mass is 16.1. The zero-order chi connectivity index (χ0) is 12.8. The van der Waals surface area contributed by atoms with Gasteiger partial charge in [-0.3, -0.25) is 9.36 Å². The van der Waals surface area contributed by atoms with Gasteiger partial charge >= 0.3 is 0 Å². The van der Waals surface area contributed by atoms with Crippen molar-refractivity contribution in [3.63, 3.8) is 0 Å². The monoisotopic (exact) mass is 237 g/mol. The minimum atomic E-state index is 0.0291.